The molecule has 1 radical (unpaired) electrons. The molecule has 1 aromatic heterocycles. The number of amides is 1. The average Bonchev–Trinajstić information content (AvgIpc) is 3.25. The molecule has 1 aliphatic heterocycles. The van der Waals surface area contributed by atoms with E-state index in [0.29, 0.717) is 13.2 Å². The monoisotopic (exact) mass is 341 g/mol. The van der Waals surface area contributed by atoms with Gasteiger partial charge in [0.1, 0.15) is 12.4 Å². The number of carbonyl (C=O) groups excluding carboxylic acids is 1. The first-order valence-electron chi connectivity index (χ1n) is 8.75. The summed E-state index contributed by atoms with van der Waals surface area (Å²) in [6, 6.07) is 8.73. The Hall–Kier alpha value is -2.34. The Morgan fingerprint density at radius 2 is 2.16 bits per heavy atom. The molecule has 1 saturated heterocycles. The van der Waals surface area contributed by atoms with Crippen LogP contribution in [0.15, 0.2) is 30.6 Å². The van der Waals surface area contributed by atoms with Crippen LogP contribution in [0.1, 0.15) is 19.8 Å². The fourth-order valence-corrected chi connectivity index (χ4v) is 3.00. The molecule has 2 aromatic rings. The maximum Gasteiger partial charge on any atom is 0.234 e. The van der Waals surface area contributed by atoms with Crippen molar-refractivity contribution in [1.29, 1.82) is 0 Å². The Morgan fingerprint density at radius 1 is 1.36 bits per heavy atom. The Labute approximate surface area is 148 Å². The van der Waals surface area contributed by atoms with E-state index in [0.717, 1.165) is 30.0 Å². The van der Waals surface area contributed by atoms with Gasteiger partial charge in [-0.2, -0.15) is 5.10 Å². The minimum atomic E-state index is -0.0443. The number of ether oxygens (including phenoxy) is 1. The highest BCUT2D eigenvalue weighted by Gasteiger charge is 2.16. The van der Waals surface area contributed by atoms with Gasteiger partial charge in [0.15, 0.2) is 0 Å². The summed E-state index contributed by atoms with van der Waals surface area (Å²) < 4.78 is 7.59. The first-order chi connectivity index (χ1) is 12.1. The highest BCUT2D eigenvalue weighted by atomic mass is 16.5. The summed E-state index contributed by atoms with van der Waals surface area (Å²) in [4.78, 5) is 14.2. The zero-order chi connectivity index (χ0) is 17.6. The predicted molar refractivity (Wildman–Crippen MR) is 96.3 cm³/mol. The van der Waals surface area contributed by atoms with E-state index in [1.807, 2.05) is 38.5 Å². The van der Waals surface area contributed by atoms with Crippen molar-refractivity contribution in [3.63, 3.8) is 0 Å². The van der Waals surface area contributed by atoms with E-state index < -0.39 is 0 Å². The SMILES string of the molecule is C[C@H](COc1c[c]cc(-c2cnn(C)c2)c1)NC(=O)CN1CCCC1. The minimum absolute atomic E-state index is 0.0443. The first kappa shape index (κ1) is 17.5. The summed E-state index contributed by atoms with van der Waals surface area (Å²) in [5.74, 6) is 0.802. The van der Waals surface area contributed by atoms with E-state index in [2.05, 4.69) is 21.4 Å². The van der Waals surface area contributed by atoms with Crippen LogP contribution >= 0.6 is 0 Å². The number of carbonyl (C=O) groups is 1. The Balaban J connectivity index is 1.48. The van der Waals surface area contributed by atoms with E-state index in [1.54, 1.807) is 10.7 Å². The fraction of sp³-hybridized carbons (Fsp3) is 0.474. The van der Waals surface area contributed by atoms with E-state index in [4.69, 9.17) is 4.74 Å². The number of nitrogens with zero attached hydrogens (tertiary/aromatic N) is 3. The zero-order valence-electron chi connectivity index (χ0n) is 14.9. The van der Waals surface area contributed by atoms with Gasteiger partial charge in [-0.3, -0.25) is 14.4 Å². The summed E-state index contributed by atoms with van der Waals surface area (Å²) in [5.41, 5.74) is 2.03. The van der Waals surface area contributed by atoms with Crippen molar-refractivity contribution >= 4 is 5.91 Å². The average molecular weight is 341 g/mol. The molecule has 0 aliphatic carbocycles. The standard InChI is InChI=1S/C19H25N4O2/c1-15(21-19(24)13-23-8-3-4-9-23)14-25-18-7-5-6-16(10-18)17-11-20-22(2)12-17/h6-7,10-12,15H,3-4,8-9,13-14H2,1-2H3,(H,21,24)/t15-/m1/s1. The molecule has 2 heterocycles. The highest BCUT2D eigenvalue weighted by molar-refractivity contribution is 5.78. The molecule has 1 aromatic carbocycles. The van der Waals surface area contributed by atoms with Gasteiger partial charge in [-0.15, -0.1) is 0 Å². The number of hydrogen-bond acceptors (Lipinski definition) is 4. The van der Waals surface area contributed by atoms with Gasteiger partial charge in [0.2, 0.25) is 5.91 Å². The highest BCUT2D eigenvalue weighted by Crippen LogP contribution is 2.23. The molecule has 0 saturated carbocycles. The molecule has 0 unspecified atom stereocenters. The van der Waals surface area contributed by atoms with Crippen LogP contribution < -0.4 is 10.1 Å². The molecular weight excluding hydrogens is 316 g/mol. The first-order valence-corrected chi connectivity index (χ1v) is 8.75. The number of likely N-dealkylation sites (tertiary alicyclic amines) is 1. The maximum absolute atomic E-state index is 12.0. The molecule has 0 spiro atoms. The lowest BCUT2D eigenvalue weighted by Gasteiger charge is -2.18. The normalized spacial score (nSPS) is 15.9. The molecule has 25 heavy (non-hydrogen) atoms. The third-order valence-corrected chi connectivity index (χ3v) is 4.27. The summed E-state index contributed by atoms with van der Waals surface area (Å²) >= 11 is 0. The van der Waals surface area contributed by atoms with Gasteiger partial charge >= 0.3 is 0 Å². The van der Waals surface area contributed by atoms with Crippen LogP contribution in [0.5, 0.6) is 5.75 Å². The third kappa shape index (κ3) is 5.06. The van der Waals surface area contributed by atoms with Crippen LogP contribution in [0, 0.1) is 6.07 Å². The number of hydrogen-bond donors (Lipinski definition) is 1. The second-order valence-electron chi connectivity index (χ2n) is 6.62. The van der Waals surface area contributed by atoms with Crippen LogP contribution in [-0.2, 0) is 11.8 Å². The van der Waals surface area contributed by atoms with Crippen LogP contribution in [-0.4, -0.2) is 52.9 Å². The summed E-state index contributed by atoms with van der Waals surface area (Å²) in [6.45, 7) is 4.91. The Morgan fingerprint density at radius 3 is 2.88 bits per heavy atom. The lowest BCUT2D eigenvalue weighted by molar-refractivity contribution is -0.122. The lowest BCUT2D eigenvalue weighted by Crippen LogP contribution is -2.42. The Kier molecular flexibility index (Phi) is 5.71. The van der Waals surface area contributed by atoms with Crippen molar-refractivity contribution in [3.8, 4) is 16.9 Å². The van der Waals surface area contributed by atoms with Gasteiger partial charge in [-0.05, 0) is 62.7 Å². The molecule has 1 amide bonds. The van der Waals surface area contributed by atoms with Gasteiger partial charge in [-0.25, -0.2) is 0 Å². The molecule has 133 valence electrons. The van der Waals surface area contributed by atoms with Crippen molar-refractivity contribution in [2.45, 2.75) is 25.8 Å². The third-order valence-electron chi connectivity index (χ3n) is 4.27. The minimum Gasteiger partial charge on any atom is -0.491 e. The van der Waals surface area contributed by atoms with Gasteiger partial charge in [0, 0.05) is 18.8 Å². The van der Waals surface area contributed by atoms with Gasteiger partial charge < -0.3 is 10.1 Å². The van der Waals surface area contributed by atoms with Gasteiger partial charge in [0.05, 0.1) is 18.8 Å². The smallest absolute Gasteiger partial charge is 0.234 e. The van der Waals surface area contributed by atoms with Crippen molar-refractivity contribution in [3.05, 3.63) is 36.7 Å². The van der Waals surface area contributed by atoms with Crippen molar-refractivity contribution < 1.29 is 9.53 Å². The van der Waals surface area contributed by atoms with Crippen LogP contribution in [0.2, 0.25) is 0 Å². The molecule has 1 atom stereocenters. The van der Waals surface area contributed by atoms with E-state index in [-0.39, 0.29) is 11.9 Å². The predicted octanol–water partition coefficient (Wildman–Crippen LogP) is 1.87. The van der Waals surface area contributed by atoms with Gasteiger partial charge in [0.25, 0.3) is 0 Å². The molecular formula is C19H25N4O2. The maximum atomic E-state index is 12.0. The second kappa shape index (κ2) is 8.16. The Bertz CT molecular complexity index is 707. The number of aromatic nitrogens is 2. The molecule has 6 heteroatoms. The van der Waals surface area contributed by atoms with Gasteiger partial charge in [-0.1, -0.05) is 0 Å². The number of nitrogens with one attached hydrogen (secondary N) is 1. The number of aryl methyl sites for hydroxylation is 1. The lowest BCUT2D eigenvalue weighted by atomic mass is 10.1. The van der Waals surface area contributed by atoms with Crippen molar-refractivity contribution in [2.24, 2.45) is 7.05 Å². The largest absolute Gasteiger partial charge is 0.491 e. The topological polar surface area (TPSA) is 59.4 Å². The molecule has 1 fully saturated rings. The molecule has 0 bridgehead atoms. The molecule has 3 rings (SSSR count). The van der Waals surface area contributed by atoms with E-state index in [1.165, 1.54) is 12.8 Å². The fourth-order valence-electron chi connectivity index (χ4n) is 3.00. The van der Waals surface area contributed by atoms with Crippen molar-refractivity contribution in [2.75, 3.05) is 26.2 Å². The molecule has 6 nitrogen and oxygen atoms in total. The molecule has 1 aliphatic rings. The van der Waals surface area contributed by atoms with Crippen LogP contribution in [0.3, 0.4) is 0 Å². The van der Waals surface area contributed by atoms with Crippen LogP contribution in [0.25, 0.3) is 11.1 Å². The number of benzene rings is 1. The van der Waals surface area contributed by atoms with E-state index in [9.17, 15) is 4.79 Å². The summed E-state index contributed by atoms with van der Waals surface area (Å²) in [7, 11) is 1.89. The summed E-state index contributed by atoms with van der Waals surface area (Å²) in [5, 5.41) is 7.18. The van der Waals surface area contributed by atoms with Crippen molar-refractivity contribution in [1.82, 2.24) is 20.0 Å². The molecule has 1 N–H and O–H groups in total. The van der Waals surface area contributed by atoms with Crippen LogP contribution in [0.4, 0.5) is 0 Å². The zero-order valence-corrected chi connectivity index (χ0v) is 14.9. The summed E-state index contributed by atoms with van der Waals surface area (Å²) in [6.07, 6.45) is 6.15. The second-order valence-corrected chi connectivity index (χ2v) is 6.62. The number of rotatable bonds is 7. The quantitative estimate of drug-likeness (QED) is 0.835. The van der Waals surface area contributed by atoms with E-state index >= 15 is 0 Å².